The van der Waals surface area contributed by atoms with Crippen LogP contribution in [0.25, 0.3) is 5.69 Å². The topological polar surface area (TPSA) is 42.2 Å². The van der Waals surface area contributed by atoms with E-state index in [0.29, 0.717) is 0 Å². The summed E-state index contributed by atoms with van der Waals surface area (Å²) >= 11 is 0. The summed E-state index contributed by atoms with van der Waals surface area (Å²) in [6.07, 6.45) is 1.51. The molecule has 0 saturated heterocycles. The molecule has 0 amide bonds. The number of hydrogen-bond donors (Lipinski definition) is 1. The van der Waals surface area contributed by atoms with Gasteiger partial charge in [-0.05, 0) is 56.5 Å². The molecule has 1 aromatic carbocycles. The number of carboxylic acids is 1. The van der Waals surface area contributed by atoms with E-state index in [9.17, 15) is 9.90 Å². The van der Waals surface area contributed by atoms with Crippen molar-refractivity contribution in [1.29, 1.82) is 0 Å². The summed E-state index contributed by atoms with van der Waals surface area (Å²) in [7, 11) is 0. The van der Waals surface area contributed by atoms with Crippen molar-refractivity contribution < 1.29 is 9.90 Å². The molecule has 1 saturated carbocycles. The van der Waals surface area contributed by atoms with E-state index >= 15 is 0 Å². The van der Waals surface area contributed by atoms with E-state index in [0.717, 1.165) is 24.1 Å². The first-order valence-electron chi connectivity index (χ1n) is 6.54. The first-order valence-corrected chi connectivity index (χ1v) is 6.54. The number of carboxylic acid groups (broad SMARTS) is 1. The number of benzene rings is 1. The van der Waals surface area contributed by atoms with E-state index in [-0.39, 0.29) is 0 Å². The zero-order valence-electron chi connectivity index (χ0n) is 11.2. The highest BCUT2D eigenvalue weighted by atomic mass is 16.4. The summed E-state index contributed by atoms with van der Waals surface area (Å²) in [4.78, 5) is 11.3. The molecule has 0 bridgehead atoms. The second-order valence-electron chi connectivity index (χ2n) is 5.39. The molecule has 1 aromatic heterocycles. The zero-order chi connectivity index (χ0) is 13.6. The van der Waals surface area contributed by atoms with E-state index in [1.165, 1.54) is 11.4 Å². The van der Waals surface area contributed by atoms with Gasteiger partial charge in [0.1, 0.15) is 0 Å². The van der Waals surface area contributed by atoms with Crippen LogP contribution in [0.3, 0.4) is 0 Å². The maximum Gasteiger partial charge on any atom is 0.314 e. The van der Waals surface area contributed by atoms with Crippen molar-refractivity contribution in [2.24, 2.45) is 0 Å². The van der Waals surface area contributed by atoms with Gasteiger partial charge in [-0.3, -0.25) is 4.79 Å². The van der Waals surface area contributed by atoms with Crippen molar-refractivity contribution >= 4 is 5.97 Å². The average molecular weight is 255 g/mol. The number of hydrogen-bond acceptors (Lipinski definition) is 1. The molecule has 0 aliphatic heterocycles. The Kier molecular flexibility index (Phi) is 2.52. The molecule has 1 aliphatic rings. The van der Waals surface area contributed by atoms with Gasteiger partial charge in [-0.2, -0.15) is 0 Å². The molecular weight excluding hydrogens is 238 g/mol. The lowest BCUT2D eigenvalue weighted by atomic mass is 9.96. The minimum atomic E-state index is -0.700. The van der Waals surface area contributed by atoms with Crippen LogP contribution in [0.4, 0.5) is 0 Å². The summed E-state index contributed by atoms with van der Waals surface area (Å²) in [6.45, 7) is 4.14. The monoisotopic (exact) mass is 255 g/mol. The highest BCUT2D eigenvalue weighted by Gasteiger charge is 2.51. The van der Waals surface area contributed by atoms with Gasteiger partial charge in [0.05, 0.1) is 5.41 Å². The smallest absolute Gasteiger partial charge is 0.314 e. The summed E-state index contributed by atoms with van der Waals surface area (Å²) in [5.41, 5.74) is 3.77. The van der Waals surface area contributed by atoms with Crippen LogP contribution in [0.5, 0.6) is 0 Å². The predicted octanol–water partition coefficient (Wildman–Crippen LogP) is 3.21. The molecule has 0 unspecified atom stereocenters. The van der Waals surface area contributed by atoms with Gasteiger partial charge in [0.15, 0.2) is 0 Å². The quantitative estimate of drug-likeness (QED) is 0.915. The summed E-state index contributed by atoms with van der Waals surface area (Å²) in [5, 5.41) is 9.29. The molecule has 3 nitrogen and oxygen atoms in total. The van der Waals surface area contributed by atoms with Crippen LogP contribution in [0.1, 0.15) is 29.8 Å². The first-order chi connectivity index (χ1) is 9.04. The molecule has 1 aliphatic carbocycles. The SMILES string of the molecule is Cc1ccc(C)n1-c1ccc(C2(C(=O)O)CC2)cc1. The molecule has 1 N–H and O–H groups in total. The molecule has 0 atom stereocenters. The summed E-state index contributed by atoms with van der Waals surface area (Å²) in [5.74, 6) is -0.700. The number of aryl methyl sites for hydroxylation is 2. The Morgan fingerprint density at radius 2 is 1.58 bits per heavy atom. The number of aromatic nitrogens is 1. The third kappa shape index (κ3) is 1.77. The van der Waals surface area contributed by atoms with Gasteiger partial charge in [0, 0.05) is 17.1 Å². The largest absolute Gasteiger partial charge is 0.481 e. The fourth-order valence-corrected chi connectivity index (χ4v) is 2.76. The van der Waals surface area contributed by atoms with Gasteiger partial charge in [-0.1, -0.05) is 12.1 Å². The van der Waals surface area contributed by atoms with Crippen LogP contribution in [0.2, 0.25) is 0 Å². The Balaban J connectivity index is 1.98. The molecule has 1 heterocycles. The zero-order valence-corrected chi connectivity index (χ0v) is 11.2. The predicted molar refractivity (Wildman–Crippen MR) is 73.8 cm³/mol. The maximum absolute atomic E-state index is 11.3. The lowest BCUT2D eigenvalue weighted by molar-refractivity contribution is -0.140. The first kappa shape index (κ1) is 12.0. The van der Waals surface area contributed by atoms with Crippen LogP contribution >= 0.6 is 0 Å². The van der Waals surface area contributed by atoms with E-state index in [2.05, 4.69) is 30.5 Å². The number of nitrogens with zero attached hydrogens (tertiary/aromatic N) is 1. The highest BCUT2D eigenvalue weighted by Crippen LogP contribution is 2.48. The van der Waals surface area contributed by atoms with Gasteiger partial charge in [-0.15, -0.1) is 0 Å². The molecule has 2 aromatic rings. The highest BCUT2D eigenvalue weighted by molar-refractivity contribution is 5.84. The Hall–Kier alpha value is -2.03. The molecule has 98 valence electrons. The summed E-state index contributed by atoms with van der Waals surface area (Å²) in [6, 6.07) is 12.1. The van der Waals surface area contributed by atoms with E-state index in [1.54, 1.807) is 0 Å². The number of carbonyl (C=O) groups is 1. The lowest BCUT2D eigenvalue weighted by Gasteiger charge is -2.13. The van der Waals surface area contributed by atoms with Crippen LogP contribution < -0.4 is 0 Å². The van der Waals surface area contributed by atoms with Crippen molar-refractivity contribution in [2.45, 2.75) is 32.1 Å². The third-order valence-corrected chi connectivity index (χ3v) is 4.11. The number of aliphatic carboxylic acids is 1. The second-order valence-corrected chi connectivity index (χ2v) is 5.39. The minimum absolute atomic E-state index is 0.612. The second kappa shape index (κ2) is 3.98. The van der Waals surface area contributed by atoms with Gasteiger partial charge >= 0.3 is 5.97 Å². The average Bonchev–Trinajstić information content (AvgIpc) is 3.13. The fraction of sp³-hybridized carbons (Fsp3) is 0.312. The van der Waals surface area contributed by atoms with Gasteiger partial charge in [0.25, 0.3) is 0 Å². The molecule has 3 heteroatoms. The van der Waals surface area contributed by atoms with Gasteiger partial charge in [-0.25, -0.2) is 0 Å². The van der Waals surface area contributed by atoms with E-state index in [4.69, 9.17) is 0 Å². The molecule has 19 heavy (non-hydrogen) atoms. The van der Waals surface area contributed by atoms with Gasteiger partial charge in [0.2, 0.25) is 0 Å². The molecule has 0 spiro atoms. The van der Waals surface area contributed by atoms with Crippen molar-refractivity contribution in [2.75, 3.05) is 0 Å². The standard InChI is InChI=1S/C16H17NO2/c1-11-3-4-12(2)17(11)14-7-5-13(6-8-14)16(9-10-16)15(18)19/h3-8H,9-10H2,1-2H3,(H,18,19). The Bertz CT molecular complexity index is 614. The van der Waals surface area contributed by atoms with Crippen molar-refractivity contribution in [3.63, 3.8) is 0 Å². The minimum Gasteiger partial charge on any atom is -0.481 e. The van der Waals surface area contributed by atoms with Gasteiger partial charge < -0.3 is 9.67 Å². The lowest BCUT2D eigenvalue weighted by Crippen LogP contribution is -2.19. The van der Waals surface area contributed by atoms with Crippen LogP contribution in [-0.4, -0.2) is 15.6 Å². The molecule has 3 rings (SSSR count). The Morgan fingerprint density at radius 3 is 2.00 bits per heavy atom. The van der Waals surface area contributed by atoms with Crippen molar-refractivity contribution in [3.05, 3.63) is 53.3 Å². The third-order valence-electron chi connectivity index (χ3n) is 4.11. The Morgan fingerprint density at radius 1 is 1.05 bits per heavy atom. The molecular formula is C16H17NO2. The maximum atomic E-state index is 11.3. The molecule has 1 fully saturated rings. The summed E-state index contributed by atoms with van der Waals surface area (Å²) < 4.78 is 2.17. The Labute approximate surface area is 112 Å². The van der Waals surface area contributed by atoms with E-state index < -0.39 is 11.4 Å². The molecule has 0 radical (unpaired) electrons. The van der Waals surface area contributed by atoms with Crippen molar-refractivity contribution in [1.82, 2.24) is 4.57 Å². The number of rotatable bonds is 3. The normalized spacial score (nSPS) is 16.3. The van der Waals surface area contributed by atoms with Crippen LogP contribution in [0.15, 0.2) is 36.4 Å². The van der Waals surface area contributed by atoms with Crippen LogP contribution in [-0.2, 0) is 10.2 Å². The fourth-order valence-electron chi connectivity index (χ4n) is 2.76. The van der Waals surface area contributed by atoms with Crippen LogP contribution in [0, 0.1) is 13.8 Å². The van der Waals surface area contributed by atoms with E-state index in [1.807, 2.05) is 24.3 Å². The van der Waals surface area contributed by atoms with Crippen molar-refractivity contribution in [3.8, 4) is 5.69 Å².